The summed E-state index contributed by atoms with van der Waals surface area (Å²) in [5.74, 6) is 2.27. The van der Waals surface area contributed by atoms with Gasteiger partial charge in [-0.3, -0.25) is 10.1 Å². The minimum atomic E-state index is -3.70. The second-order valence-corrected chi connectivity index (χ2v) is 8.99. The van der Waals surface area contributed by atoms with Gasteiger partial charge in [0.2, 0.25) is 10.0 Å². The highest BCUT2D eigenvalue weighted by molar-refractivity contribution is 7.89. The van der Waals surface area contributed by atoms with Crippen LogP contribution >= 0.6 is 0 Å². The van der Waals surface area contributed by atoms with Crippen LogP contribution in [0.4, 0.5) is 0 Å². The molecule has 2 aromatic heterocycles. The topological polar surface area (TPSA) is 110 Å². The minimum Gasteiger partial charge on any atom is -0.497 e. The van der Waals surface area contributed by atoms with Gasteiger partial charge >= 0.3 is 0 Å². The predicted molar refractivity (Wildman–Crippen MR) is 110 cm³/mol. The first-order valence-electron chi connectivity index (χ1n) is 9.55. The summed E-state index contributed by atoms with van der Waals surface area (Å²) >= 11 is 0. The highest BCUT2D eigenvalue weighted by Gasteiger charge is 2.35. The quantitative estimate of drug-likeness (QED) is 0.613. The fourth-order valence-electron chi connectivity index (χ4n) is 3.60. The second kappa shape index (κ2) is 8.41. The highest BCUT2D eigenvalue weighted by Crippen LogP contribution is 2.33. The van der Waals surface area contributed by atoms with E-state index in [0.717, 1.165) is 17.8 Å². The number of sulfonamides is 1. The lowest BCUT2D eigenvalue weighted by atomic mass is 10.1. The molecule has 0 spiro atoms. The lowest BCUT2D eigenvalue weighted by molar-refractivity contribution is 0.387. The molecule has 1 atom stereocenters. The number of pyridine rings is 1. The minimum absolute atomic E-state index is 0.115. The standard InChI is InChI=1S/C20H23N5O4S/c1-28-16-3-4-17(29-2)18(12-16)30(26,27)25-10-7-14(13-25)11-19-22-20(24-23-19)15-5-8-21-9-6-15/h3-6,8-9,12,14H,7,10-11,13H2,1-2H3,(H,22,23,24). The molecule has 1 saturated heterocycles. The second-order valence-electron chi connectivity index (χ2n) is 7.08. The third-order valence-corrected chi connectivity index (χ3v) is 7.08. The Morgan fingerprint density at radius 3 is 2.70 bits per heavy atom. The summed E-state index contributed by atoms with van der Waals surface area (Å²) in [5, 5.41) is 7.22. The number of nitrogens with one attached hydrogen (secondary N) is 1. The van der Waals surface area contributed by atoms with Gasteiger partial charge in [0.15, 0.2) is 5.82 Å². The first-order valence-corrected chi connectivity index (χ1v) is 11.0. The Hall–Kier alpha value is -2.98. The van der Waals surface area contributed by atoms with Gasteiger partial charge in [0.1, 0.15) is 22.2 Å². The molecule has 1 aliphatic heterocycles. The SMILES string of the molecule is COc1ccc(OC)c(S(=O)(=O)N2CCC(Cc3nc(-c4ccncc4)n[nH]3)C2)c1. The number of benzene rings is 1. The monoisotopic (exact) mass is 429 g/mol. The van der Waals surface area contributed by atoms with E-state index >= 15 is 0 Å². The van der Waals surface area contributed by atoms with Crippen molar-refractivity contribution in [1.82, 2.24) is 24.5 Å². The van der Waals surface area contributed by atoms with Crippen molar-refractivity contribution in [2.75, 3.05) is 27.3 Å². The van der Waals surface area contributed by atoms with E-state index in [2.05, 4.69) is 20.2 Å². The Labute approximate surface area is 175 Å². The number of ether oxygens (including phenoxy) is 2. The molecule has 1 aliphatic rings. The zero-order valence-electron chi connectivity index (χ0n) is 16.8. The Morgan fingerprint density at radius 1 is 1.17 bits per heavy atom. The number of H-pyrrole nitrogens is 1. The highest BCUT2D eigenvalue weighted by atomic mass is 32.2. The number of aromatic nitrogens is 4. The van der Waals surface area contributed by atoms with Gasteiger partial charge < -0.3 is 9.47 Å². The van der Waals surface area contributed by atoms with Crippen LogP contribution < -0.4 is 9.47 Å². The molecule has 3 heterocycles. The molecule has 3 aromatic rings. The number of methoxy groups -OCH3 is 2. The summed E-state index contributed by atoms with van der Waals surface area (Å²) in [5.41, 5.74) is 0.883. The van der Waals surface area contributed by atoms with Crippen LogP contribution in [0.3, 0.4) is 0 Å². The summed E-state index contributed by atoms with van der Waals surface area (Å²) in [6, 6.07) is 8.47. The first kappa shape index (κ1) is 20.3. The maximum absolute atomic E-state index is 13.2. The van der Waals surface area contributed by atoms with Crippen LogP contribution in [0.1, 0.15) is 12.2 Å². The van der Waals surface area contributed by atoms with Crippen molar-refractivity contribution < 1.29 is 17.9 Å². The van der Waals surface area contributed by atoms with Crippen molar-refractivity contribution in [3.63, 3.8) is 0 Å². The molecule has 0 amide bonds. The Bertz CT molecular complexity index is 1120. The molecular weight excluding hydrogens is 406 g/mol. The molecule has 1 N–H and O–H groups in total. The predicted octanol–water partition coefficient (Wildman–Crippen LogP) is 2.14. The van der Waals surface area contributed by atoms with E-state index in [1.54, 1.807) is 24.5 Å². The van der Waals surface area contributed by atoms with Gasteiger partial charge in [-0.05, 0) is 36.6 Å². The molecule has 1 unspecified atom stereocenters. The molecule has 0 saturated carbocycles. The van der Waals surface area contributed by atoms with Gasteiger partial charge in [-0.15, -0.1) is 0 Å². The molecule has 4 rings (SSSR count). The van der Waals surface area contributed by atoms with E-state index in [4.69, 9.17) is 9.47 Å². The number of rotatable bonds is 7. The molecule has 0 radical (unpaired) electrons. The van der Waals surface area contributed by atoms with Gasteiger partial charge in [0, 0.05) is 43.5 Å². The number of hydrogen-bond acceptors (Lipinski definition) is 7. The number of aromatic amines is 1. The lowest BCUT2D eigenvalue weighted by Gasteiger charge is -2.19. The summed E-state index contributed by atoms with van der Waals surface area (Å²) < 4.78 is 38.4. The Kier molecular flexibility index (Phi) is 5.69. The summed E-state index contributed by atoms with van der Waals surface area (Å²) in [6.07, 6.45) is 4.76. The maximum Gasteiger partial charge on any atom is 0.246 e. The van der Waals surface area contributed by atoms with E-state index in [0.29, 0.717) is 36.8 Å². The third-order valence-electron chi connectivity index (χ3n) is 5.19. The summed E-state index contributed by atoms with van der Waals surface area (Å²) in [7, 11) is -0.744. The first-order chi connectivity index (χ1) is 14.5. The van der Waals surface area contributed by atoms with Crippen LogP contribution in [0.25, 0.3) is 11.4 Å². The van der Waals surface area contributed by atoms with Gasteiger partial charge in [0.25, 0.3) is 0 Å². The van der Waals surface area contributed by atoms with Crippen LogP contribution in [0.2, 0.25) is 0 Å². The number of nitrogens with zero attached hydrogens (tertiary/aromatic N) is 4. The molecule has 1 aromatic carbocycles. The largest absolute Gasteiger partial charge is 0.497 e. The van der Waals surface area contributed by atoms with Crippen molar-refractivity contribution in [3.05, 3.63) is 48.5 Å². The molecule has 158 valence electrons. The molecule has 0 aliphatic carbocycles. The van der Waals surface area contributed by atoms with Crippen LogP contribution in [-0.4, -0.2) is 60.2 Å². The lowest BCUT2D eigenvalue weighted by Crippen LogP contribution is -2.29. The molecule has 30 heavy (non-hydrogen) atoms. The van der Waals surface area contributed by atoms with Crippen molar-refractivity contribution in [2.24, 2.45) is 5.92 Å². The molecule has 0 bridgehead atoms. The Balaban J connectivity index is 1.48. The fraction of sp³-hybridized carbons (Fsp3) is 0.350. The number of hydrogen-bond donors (Lipinski definition) is 1. The van der Waals surface area contributed by atoms with Crippen LogP contribution in [0.15, 0.2) is 47.6 Å². The summed E-state index contributed by atoms with van der Waals surface area (Å²) in [6.45, 7) is 0.854. The van der Waals surface area contributed by atoms with E-state index in [1.807, 2.05) is 12.1 Å². The average molecular weight is 430 g/mol. The zero-order chi connectivity index (χ0) is 21.1. The normalized spacial score (nSPS) is 17.2. The van der Waals surface area contributed by atoms with Crippen molar-refractivity contribution in [2.45, 2.75) is 17.7 Å². The van der Waals surface area contributed by atoms with E-state index < -0.39 is 10.0 Å². The summed E-state index contributed by atoms with van der Waals surface area (Å²) in [4.78, 5) is 8.65. The van der Waals surface area contributed by atoms with Crippen LogP contribution in [-0.2, 0) is 16.4 Å². The smallest absolute Gasteiger partial charge is 0.246 e. The van der Waals surface area contributed by atoms with Gasteiger partial charge in [-0.1, -0.05) is 0 Å². The van der Waals surface area contributed by atoms with Gasteiger partial charge in [-0.2, -0.15) is 9.40 Å². The van der Waals surface area contributed by atoms with Gasteiger partial charge in [-0.25, -0.2) is 13.4 Å². The van der Waals surface area contributed by atoms with E-state index in [1.165, 1.54) is 24.6 Å². The van der Waals surface area contributed by atoms with Crippen molar-refractivity contribution in [3.8, 4) is 22.9 Å². The van der Waals surface area contributed by atoms with Crippen molar-refractivity contribution >= 4 is 10.0 Å². The van der Waals surface area contributed by atoms with E-state index in [9.17, 15) is 8.42 Å². The average Bonchev–Trinajstić information content (AvgIpc) is 3.44. The van der Waals surface area contributed by atoms with E-state index in [-0.39, 0.29) is 10.8 Å². The van der Waals surface area contributed by atoms with Crippen molar-refractivity contribution in [1.29, 1.82) is 0 Å². The fourth-order valence-corrected chi connectivity index (χ4v) is 5.30. The molecular formula is C20H23N5O4S. The van der Waals surface area contributed by atoms with Crippen LogP contribution in [0.5, 0.6) is 11.5 Å². The Morgan fingerprint density at radius 2 is 1.97 bits per heavy atom. The van der Waals surface area contributed by atoms with Crippen LogP contribution in [0, 0.1) is 5.92 Å². The molecule has 9 nitrogen and oxygen atoms in total. The third kappa shape index (κ3) is 4.01. The molecule has 10 heteroatoms. The zero-order valence-corrected chi connectivity index (χ0v) is 17.6. The maximum atomic E-state index is 13.2. The molecule has 1 fully saturated rings. The van der Waals surface area contributed by atoms with Gasteiger partial charge in [0.05, 0.1) is 14.2 Å².